The van der Waals surface area contributed by atoms with Crippen molar-refractivity contribution in [3.8, 4) is 16.9 Å². The van der Waals surface area contributed by atoms with E-state index < -0.39 is 20.0 Å². The van der Waals surface area contributed by atoms with Gasteiger partial charge in [0.25, 0.3) is 10.0 Å². The lowest BCUT2D eigenvalue weighted by atomic mass is 10.1. The number of sulfonamides is 2. The van der Waals surface area contributed by atoms with Crippen LogP contribution in [0.25, 0.3) is 16.9 Å². The third-order valence-electron chi connectivity index (χ3n) is 3.84. The summed E-state index contributed by atoms with van der Waals surface area (Å²) in [4.78, 5) is -0.180. The second kappa shape index (κ2) is 7.64. The van der Waals surface area contributed by atoms with E-state index in [1.54, 1.807) is 37.3 Å². The molecule has 0 amide bonds. The first-order chi connectivity index (χ1) is 13.1. The van der Waals surface area contributed by atoms with E-state index >= 15 is 0 Å². The van der Waals surface area contributed by atoms with Gasteiger partial charge in [0.05, 0.1) is 11.4 Å². The van der Waals surface area contributed by atoms with Crippen LogP contribution in [0.5, 0.6) is 0 Å². The average Bonchev–Trinajstić information content (AvgIpc) is 3.08. The number of hydrogen-bond acceptors (Lipinski definition) is 5. The molecule has 2 aromatic carbocycles. The predicted molar refractivity (Wildman–Crippen MR) is 106 cm³/mol. The zero-order chi connectivity index (χ0) is 20.5. The number of benzene rings is 2. The maximum Gasteiger partial charge on any atom is 0.259 e. The van der Waals surface area contributed by atoms with Crippen LogP contribution >= 0.6 is 11.6 Å². The van der Waals surface area contributed by atoms with Crippen molar-refractivity contribution >= 4 is 31.6 Å². The fraction of sp³-hybridized carbons (Fsp3) is 0.118. The molecule has 0 bridgehead atoms. The third kappa shape index (κ3) is 4.10. The lowest BCUT2D eigenvalue weighted by Gasteiger charge is -2.11. The van der Waals surface area contributed by atoms with E-state index in [-0.39, 0.29) is 22.2 Å². The highest BCUT2D eigenvalue weighted by Gasteiger charge is 2.24. The zero-order valence-corrected chi connectivity index (χ0v) is 17.1. The van der Waals surface area contributed by atoms with Crippen LogP contribution in [0.2, 0.25) is 5.02 Å². The first-order valence-corrected chi connectivity index (χ1v) is 11.5. The van der Waals surface area contributed by atoms with Crippen molar-refractivity contribution in [2.45, 2.75) is 16.8 Å². The van der Waals surface area contributed by atoms with Gasteiger partial charge >= 0.3 is 0 Å². The van der Waals surface area contributed by atoms with Crippen LogP contribution < -0.4 is 9.86 Å². The lowest BCUT2D eigenvalue weighted by molar-refractivity contribution is 0.578. The largest absolute Gasteiger partial charge is 0.259 e. The molecule has 11 heteroatoms. The number of halogens is 1. The Morgan fingerprint density at radius 3 is 2.32 bits per heavy atom. The van der Waals surface area contributed by atoms with Gasteiger partial charge in [-0.2, -0.15) is 5.10 Å². The molecule has 0 aliphatic heterocycles. The second-order valence-corrected chi connectivity index (χ2v) is 9.48. The SMILES string of the molecule is CCNS(=O)(=O)c1cc(-c2ccc(Cl)cc2)n(-c2ccccc2S(N)(=O)=O)n1. The van der Waals surface area contributed by atoms with Crippen molar-refractivity contribution in [2.24, 2.45) is 5.14 Å². The minimum atomic E-state index is -4.07. The summed E-state index contributed by atoms with van der Waals surface area (Å²) in [5.74, 6) is 0. The Morgan fingerprint density at radius 2 is 1.71 bits per heavy atom. The van der Waals surface area contributed by atoms with Crippen molar-refractivity contribution in [1.82, 2.24) is 14.5 Å². The van der Waals surface area contributed by atoms with Crippen LogP contribution in [-0.4, -0.2) is 33.2 Å². The molecule has 0 unspecified atom stereocenters. The molecule has 3 N–H and O–H groups in total. The Hall–Kier alpha value is -2.24. The number of rotatable bonds is 6. The van der Waals surface area contributed by atoms with Gasteiger partial charge in [-0.3, -0.25) is 0 Å². The summed E-state index contributed by atoms with van der Waals surface area (Å²) in [5.41, 5.74) is 1.09. The summed E-state index contributed by atoms with van der Waals surface area (Å²) < 4.78 is 52.5. The molecule has 0 aliphatic rings. The van der Waals surface area contributed by atoms with Gasteiger partial charge in [-0.1, -0.05) is 42.8 Å². The van der Waals surface area contributed by atoms with Crippen LogP contribution in [-0.2, 0) is 20.0 Å². The maximum atomic E-state index is 12.4. The highest BCUT2D eigenvalue weighted by molar-refractivity contribution is 7.89. The highest BCUT2D eigenvalue weighted by Crippen LogP contribution is 2.29. The van der Waals surface area contributed by atoms with Crippen molar-refractivity contribution in [1.29, 1.82) is 0 Å². The van der Waals surface area contributed by atoms with Crippen LogP contribution in [0, 0.1) is 0 Å². The van der Waals surface area contributed by atoms with E-state index in [1.807, 2.05) is 0 Å². The predicted octanol–water partition coefficient (Wildman–Crippen LogP) is 2.14. The fourth-order valence-electron chi connectivity index (χ4n) is 2.64. The summed E-state index contributed by atoms with van der Waals surface area (Å²) in [6.07, 6.45) is 0. The van der Waals surface area contributed by atoms with E-state index in [9.17, 15) is 16.8 Å². The van der Waals surface area contributed by atoms with Crippen LogP contribution in [0.1, 0.15) is 6.92 Å². The molecule has 28 heavy (non-hydrogen) atoms. The Labute approximate surface area is 168 Å². The summed E-state index contributed by atoms with van der Waals surface area (Å²) in [7, 11) is -7.94. The van der Waals surface area contributed by atoms with Gasteiger partial charge < -0.3 is 0 Å². The number of nitrogens with two attached hydrogens (primary N) is 1. The average molecular weight is 441 g/mol. The highest BCUT2D eigenvalue weighted by atomic mass is 35.5. The molecule has 3 rings (SSSR count). The van der Waals surface area contributed by atoms with Gasteiger partial charge in [-0.05, 0) is 24.3 Å². The summed E-state index contributed by atoms with van der Waals surface area (Å²) in [5, 5.41) is 9.74. The smallest absolute Gasteiger partial charge is 0.230 e. The molecule has 8 nitrogen and oxygen atoms in total. The standard InChI is InChI=1S/C17H17ClN4O4S2/c1-2-20-28(25,26)17-11-15(12-7-9-13(18)10-8-12)22(21-17)14-5-3-4-6-16(14)27(19,23)24/h3-11,20H,2H2,1H3,(H2,19,23,24). The van der Waals surface area contributed by atoms with Gasteiger partial charge in [0, 0.05) is 23.2 Å². The molecular weight excluding hydrogens is 424 g/mol. The quantitative estimate of drug-likeness (QED) is 0.607. The second-order valence-electron chi connectivity index (χ2n) is 5.80. The molecule has 3 aromatic rings. The van der Waals surface area contributed by atoms with Gasteiger partial charge in [-0.25, -0.2) is 31.4 Å². The number of aromatic nitrogens is 2. The molecule has 0 fully saturated rings. The Balaban J connectivity index is 2.32. The fourth-order valence-corrected chi connectivity index (χ4v) is 4.46. The van der Waals surface area contributed by atoms with Gasteiger partial charge in [0.2, 0.25) is 10.0 Å². The number of hydrogen-bond donors (Lipinski definition) is 2. The summed E-state index contributed by atoms with van der Waals surface area (Å²) in [6.45, 7) is 1.82. The normalized spacial score (nSPS) is 12.2. The van der Waals surface area contributed by atoms with Crippen molar-refractivity contribution in [2.75, 3.05) is 6.54 Å². The van der Waals surface area contributed by atoms with Crippen molar-refractivity contribution in [3.05, 3.63) is 59.6 Å². The molecule has 0 atom stereocenters. The van der Waals surface area contributed by atoms with E-state index in [2.05, 4.69) is 9.82 Å². The van der Waals surface area contributed by atoms with E-state index in [0.717, 1.165) is 0 Å². The molecule has 1 heterocycles. The Morgan fingerprint density at radius 1 is 1.07 bits per heavy atom. The maximum absolute atomic E-state index is 12.4. The number of para-hydroxylation sites is 1. The van der Waals surface area contributed by atoms with Crippen molar-refractivity contribution in [3.63, 3.8) is 0 Å². The molecule has 148 valence electrons. The van der Waals surface area contributed by atoms with Crippen LogP contribution in [0.15, 0.2) is 64.5 Å². The van der Waals surface area contributed by atoms with Gasteiger partial charge in [0.1, 0.15) is 4.90 Å². The Kier molecular flexibility index (Phi) is 5.60. The van der Waals surface area contributed by atoms with Gasteiger partial charge in [0.15, 0.2) is 5.03 Å². The number of nitrogens with one attached hydrogen (secondary N) is 1. The minimum Gasteiger partial charge on any atom is -0.230 e. The van der Waals surface area contributed by atoms with Crippen LogP contribution in [0.4, 0.5) is 0 Å². The molecule has 1 aromatic heterocycles. The number of nitrogens with zero attached hydrogens (tertiary/aromatic N) is 2. The molecule has 0 radical (unpaired) electrons. The minimum absolute atomic E-state index is 0.132. The van der Waals surface area contributed by atoms with E-state index in [0.29, 0.717) is 16.3 Å². The Bertz CT molecular complexity index is 1220. The van der Waals surface area contributed by atoms with E-state index in [1.165, 1.54) is 28.9 Å². The molecule has 0 saturated carbocycles. The first-order valence-electron chi connectivity index (χ1n) is 8.11. The molecular formula is C17H17ClN4O4S2. The molecule has 0 aliphatic carbocycles. The van der Waals surface area contributed by atoms with Crippen molar-refractivity contribution < 1.29 is 16.8 Å². The van der Waals surface area contributed by atoms with Gasteiger partial charge in [-0.15, -0.1) is 0 Å². The molecule has 0 saturated heterocycles. The zero-order valence-electron chi connectivity index (χ0n) is 14.7. The lowest BCUT2D eigenvalue weighted by Crippen LogP contribution is -2.23. The monoisotopic (exact) mass is 440 g/mol. The topological polar surface area (TPSA) is 124 Å². The summed E-state index contributed by atoms with van der Waals surface area (Å²) in [6, 6.07) is 13.9. The summed E-state index contributed by atoms with van der Waals surface area (Å²) >= 11 is 5.94. The van der Waals surface area contributed by atoms with E-state index in [4.69, 9.17) is 16.7 Å². The first kappa shape index (κ1) is 20.5. The molecule has 0 spiro atoms. The van der Waals surface area contributed by atoms with Crippen LogP contribution in [0.3, 0.4) is 0 Å². The third-order valence-corrected chi connectivity index (χ3v) is 6.47. The number of primary sulfonamides is 1.